The second-order valence-electron chi connectivity index (χ2n) is 4.53. The van der Waals surface area contributed by atoms with Gasteiger partial charge in [-0.2, -0.15) is 0 Å². The van der Waals surface area contributed by atoms with Crippen LogP contribution >= 0.6 is 24.8 Å². The molecule has 0 bridgehead atoms. The molecule has 0 unspecified atom stereocenters. The third kappa shape index (κ3) is 6.85. The molecule has 1 saturated heterocycles. The molecule has 1 aliphatic heterocycles. The molecule has 5 heteroatoms. The maximum atomic E-state index is 11.5. The summed E-state index contributed by atoms with van der Waals surface area (Å²) >= 11 is 0. The zero-order valence-corrected chi connectivity index (χ0v) is 11.2. The van der Waals surface area contributed by atoms with Crippen LogP contribution in [0, 0.1) is 0 Å². The number of nitrogens with zero attached hydrogens (tertiary/aromatic N) is 1. The Morgan fingerprint density at radius 2 is 1.53 bits per heavy atom. The van der Waals surface area contributed by atoms with Gasteiger partial charge in [-0.1, -0.05) is 0 Å². The number of carbonyl (C=O) groups excluding carboxylic acids is 1. The Balaban J connectivity index is 0. The van der Waals surface area contributed by atoms with Gasteiger partial charge < -0.3 is 9.64 Å². The largest absolute Gasteiger partial charge is 0.444 e. The fourth-order valence-electron chi connectivity index (χ4n) is 1.40. The van der Waals surface area contributed by atoms with Gasteiger partial charge in [-0.25, -0.2) is 4.79 Å². The Morgan fingerprint density at radius 3 is 1.93 bits per heavy atom. The lowest BCUT2D eigenvalue weighted by molar-refractivity contribution is 0.0216. The smallest absolute Gasteiger partial charge is 0.410 e. The fraction of sp³-hybridized carbons (Fsp3) is 0.900. The van der Waals surface area contributed by atoms with Crippen LogP contribution < -0.4 is 0 Å². The first kappa shape index (κ1) is 17.3. The Labute approximate surface area is 104 Å². The lowest BCUT2D eigenvalue weighted by Crippen LogP contribution is -2.39. The molecule has 1 heterocycles. The first-order valence-electron chi connectivity index (χ1n) is 4.97. The first-order chi connectivity index (χ1) is 5.99. The van der Waals surface area contributed by atoms with Crippen molar-refractivity contribution in [3.8, 4) is 0 Å². The summed E-state index contributed by atoms with van der Waals surface area (Å²) in [5.41, 5.74) is -0.367. The maximum Gasteiger partial charge on any atom is 0.410 e. The van der Waals surface area contributed by atoms with E-state index in [4.69, 9.17) is 4.74 Å². The van der Waals surface area contributed by atoms with Gasteiger partial charge in [0, 0.05) is 13.1 Å². The van der Waals surface area contributed by atoms with Gasteiger partial charge in [-0.15, -0.1) is 24.8 Å². The van der Waals surface area contributed by atoms with Crippen molar-refractivity contribution in [2.45, 2.75) is 45.6 Å². The van der Waals surface area contributed by atoms with Gasteiger partial charge in [0.05, 0.1) is 0 Å². The third-order valence-electron chi connectivity index (χ3n) is 2.01. The van der Waals surface area contributed by atoms with Gasteiger partial charge in [0.2, 0.25) is 0 Å². The van der Waals surface area contributed by atoms with E-state index < -0.39 is 0 Å². The van der Waals surface area contributed by atoms with Crippen LogP contribution in [0.4, 0.5) is 4.79 Å². The molecule has 1 fully saturated rings. The SMILES string of the molecule is CC(C)(C)OC(=O)N1CCCCC1.Cl.Cl. The lowest BCUT2D eigenvalue weighted by Gasteiger charge is -2.29. The summed E-state index contributed by atoms with van der Waals surface area (Å²) in [5, 5.41) is 0. The quantitative estimate of drug-likeness (QED) is 0.667. The number of amides is 1. The van der Waals surface area contributed by atoms with Crippen molar-refractivity contribution < 1.29 is 9.53 Å². The molecule has 0 aromatic heterocycles. The van der Waals surface area contributed by atoms with Crippen molar-refractivity contribution in [2.75, 3.05) is 13.1 Å². The molecular formula is C10H21Cl2NO2. The normalized spacial score (nSPS) is 16.1. The predicted octanol–water partition coefficient (Wildman–Crippen LogP) is 3.25. The van der Waals surface area contributed by atoms with Crippen LogP contribution in [-0.2, 0) is 4.74 Å². The van der Waals surface area contributed by atoms with E-state index in [0.717, 1.165) is 25.9 Å². The first-order valence-corrected chi connectivity index (χ1v) is 4.97. The second kappa shape index (κ2) is 7.18. The van der Waals surface area contributed by atoms with E-state index >= 15 is 0 Å². The standard InChI is InChI=1S/C10H19NO2.2ClH/c1-10(2,3)13-9(12)11-7-5-4-6-8-11;;/h4-8H2,1-3H3;2*1H. The molecule has 0 radical (unpaired) electrons. The minimum absolute atomic E-state index is 0. The number of ether oxygens (including phenoxy) is 1. The summed E-state index contributed by atoms with van der Waals surface area (Å²) in [6.07, 6.45) is 3.30. The molecule has 92 valence electrons. The molecule has 1 aliphatic rings. The second-order valence-corrected chi connectivity index (χ2v) is 4.53. The van der Waals surface area contributed by atoms with Crippen LogP contribution in [0.15, 0.2) is 0 Å². The van der Waals surface area contributed by atoms with Crippen LogP contribution in [0.5, 0.6) is 0 Å². The van der Waals surface area contributed by atoms with E-state index in [9.17, 15) is 4.79 Å². The van der Waals surface area contributed by atoms with Crippen molar-refractivity contribution in [2.24, 2.45) is 0 Å². The molecule has 15 heavy (non-hydrogen) atoms. The van der Waals surface area contributed by atoms with Crippen molar-refractivity contribution in [3.05, 3.63) is 0 Å². The van der Waals surface area contributed by atoms with E-state index in [1.165, 1.54) is 6.42 Å². The molecule has 0 N–H and O–H groups in total. The molecule has 1 amide bonds. The number of hydrogen-bond acceptors (Lipinski definition) is 2. The number of carbonyl (C=O) groups is 1. The average molecular weight is 258 g/mol. The van der Waals surface area contributed by atoms with Crippen molar-refractivity contribution >= 4 is 30.9 Å². The third-order valence-corrected chi connectivity index (χ3v) is 2.01. The van der Waals surface area contributed by atoms with E-state index in [0.29, 0.717) is 0 Å². The minimum atomic E-state index is -0.367. The number of halogens is 2. The highest BCUT2D eigenvalue weighted by atomic mass is 35.5. The molecule has 0 aromatic carbocycles. The highest BCUT2D eigenvalue weighted by molar-refractivity contribution is 5.85. The number of rotatable bonds is 0. The maximum absolute atomic E-state index is 11.5. The Kier molecular flexibility index (Phi) is 8.25. The van der Waals surface area contributed by atoms with Crippen LogP contribution in [0.2, 0.25) is 0 Å². The summed E-state index contributed by atoms with van der Waals surface area (Å²) in [4.78, 5) is 13.3. The van der Waals surface area contributed by atoms with Gasteiger partial charge in [0.15, 0.2) is 0 Å². The van der Waals surface area contributed by atoms with Crippen molar-refractivity contribution in [1.29, 1.82) is 0 Å². The minimum Gasteiger partial charge on any atom is -0.444 e. The van der Waals surface area contributed by atoms with Crippen LogP contribution in [-0.4, -0.2) is 29.7 Å². The van der Waals surface area contributed by atoms with Crippen LogP contribution in [0.25, 0.3) is 0 Å². The topological polar surface area (TPSA) is 29.5 Å². The number of hydrogen-bond donors (Lipinski definition) is 0. The van der Waals surface area contributed by atoms with Crippen molar-refractivity contribution in [1.82, 2.24) is 4.90 Å². The average Bonchev–Trinajstić information content (AvgIpc) is 2.03. The molecule has 0 saturated carbocycles. The highest BCUT2D eigenvalue weighted by Gasteiger charge is 2.22. The molecule has 1 rings (SSSR count). The Morgan fingerprint density at radius 1 is 1.07 bits per heavy atom. The Bertz CT molecular complexity index is 186. The zero-order chi connectivity index (χ0) is 9.90. The highest BCUT2D eigenvalue weighted by Crippen LogP contribution is 2.14. The monoisotopic (exact) mass is 257 g/mol. The molecule has 0 spiro atoms. The summed E-state index contributed by atoms with van der Waals surface area (Å²) in [6, 6.07) is 0. The summed E-state index contributed by atoms with van der Waals surface area (Å²) in [5.74, 6) is 0. The molecular weight excluding hydrogens is 237 g/mol. The van der Waals surface area contributed by atoms with Gasteiger partial charge in [0.25, 0.3) is 0 Å². The summed E-state index contributed by atoms with van der Waals surface area (Å²) in [6.45, 7) is 7.41. The van der Waals surface area contributed by atoms with Crippen LogP contribution in [0.1, 0.15) is 40.0 Å². The van der Waals surface area contributed by atoms with E-state index in [1.807, 2.05) is 20.8 Å². The zero-order valence-electron chi connectivity index (χ0n) is 9.62. The molecule has 0 atom stereocenters. The molecule has 0 aromatic rings. The van der Waals surface area contributed by atoms with Gasteiger partial charge in [-0.3, -0.25) is 0 Å². The summed E-state index contributed by atoms with van der Waals surface area (Å²) in [7, 11) is 0. The van der Waals surface area contributed by atoms with Crippen molar-refractivity contribution in [3.63, 3.8) is 0 Å². The number of piperidine rings is 1. The Hall–Kier alpha value is -0.150. The van der Waals surface area contributed by atoms with Crippen LogP contribution in [0.3, 0.4) is 0 Å². The van der Waals surface area contributed by atoms with E-state index in [-0.39, 0.29) is 36.5 Å². The fourth-order valence-corrected chi connectivity index (χ4v) is 1.40. The van der Waals surface area contributed by atoms with Gasteiger partial charge in [-0.05, 0) is 40.0 Å². The van der Waals surface area contributed by atoms with E-state index in [2.05, 4.69) is 0 Å². The van der Waals surface area contributed by atoms with Gasteiger partial charge >= 0.3 is 6.09 Å². The molecule has 3 nitrogen and oxygen atoms in total. The predicted molar refractivity (Wildman–Crippen MR) is 66.2 cm³/mol. The molecule has 0 aliphatic carbocycles. The van der Waals surface area contributed by atoms with E-state index in [1.54, 1.807) is 4.90 Å². The summed E-state index contributed by atoms with van der Waals surface area (Å²) < 4.78 is 5.26. The number of likely N-dealkylation sites (tertiary alicyclic amines) is 1. The lowest BCUT2D eigenvalue weighted by atomic mass is 10.1. The van der Waals surface area contributed by atoms with Gasteiger partial charge in [0.1, 0.15) is 5.60 Å².